The van der Waals surface area contributed by atoms with Crippen LogP contribution in [0.15, 0.2) is 36.4 Å². The Balaban J connectivity index is 2.33. The largest absolute Gasteiger partial charge is 0.496 e. The Bertz CT molecular complexity index is 537. The number of hydrogen-bond donors (Lipinski definition) is 1. The predicted octanol–water partition coefficient (Wildman–Crippen LogP) is 3.31. The Kier molecular flexibility index (Phi) is 4.77. The number of methoxy groups -OCH3 is 1. The minimum atomic E-state index is -0.609. The van der Waals surface area contributed by atoms with Gasteiger partial charge in [-0.25, -0.2) is 0 Å². The molecule has 1 unspecified atom stereocenters. The molecule has 2 aromatic carbocycles. The third-order valence-corrected chi connectivity index (χ3v) is 3.12. The Hall–Kier alpha value is -1.58. The van der Waals surface area contributed by atoms with Crippen LogP contribution in [0.1, 0.15) is 25.0 Å². The van der Waals surface area contributed by atoms with Gasteiger partial charge in [-0.1, -0.05) is 37.3 Å². The van der Waals surface area contributed by atoms with Crippen LogP contribution in [0.4, 0.5) is 0 Å². The fraction of sp³-hybridized carbons (Fsp3) is 0.375. The zero-order chi connectivity index (χ0) is 13.7. The van der Waals surface area contributed by atoms with Gasteiger partial charge in [0.25, 0.3) is 0 Å². The lowest BCUT2D eigenvalue weighted by Crippen LogP contribution is -2.08. The number of fused-ring (bicyclic) bond motifs is 1. The van der Waals surface area contributed by atoms with Crippen molar-refractivity contribution in [1.82, 2.24) is 0 Å². The zero-order valence-electron chi connectivity index (χ0n) is 11.4. The molecule has 19 heavy (non-hydrogen) atoms. The van der Waals surface area contributed by atoms with Crippen LogP contribution in [0.5, 0.6) is 5.75 Å². The highest BCUT2D eigenvalue weighted by Gasteiger charge is 2.13. The van der Waals surface area contributed by atoms with Crippen molar-refractivity contribution in [2.45, 2.75) is 19.4 Å². The molecule has 1 N–H and O–H groups in total. The lowest BCUT2D eigenvalue weighted by molar-refractivity contribution is 0.0371. The summed E-state index contributed by atoms with van der Waals surface area (Å²) in [4.78, 5) is 0. The Morgan fingerprint density at radius 2 is 1.84 bits per heavy atom. The highest BCUT2D eigenvalue weighted by Crippen LogP contribution is 2.31. The van der Waals surface area contributed by atoms with Crippen molar-refractivity contribution in [3.63, 3.8) is 0 Å². The first-order chi connectivity index (χ1) is 9.27. The number of benzene rings is 2. The second-order valence-electron chi connectivity index (χ2n) is 4.49. The van der Waals surface area contributed by atoms with Crippen molar-refractivity contribution in [2.75, 3.05) is 20.3 Å². The molecule has 0 radical (unpaired) electrons. The lowest BCUT2D eigenvalue weighted by Gasteiger charge is -2.15. The Morgan fingerprint density at radius 3 is 2.53 bits per heavy atom. The first-order valence-electron chi connectivity index (χ1n) is 6.59. The standard InChI is InChI=1S/C16H20O3/c1-3-10-19-11-15(17)13-8-9-16(18-2)14-7-5-4-6-12(13)14/h4-9,15,17H,3,10-11H2,1-2H3. The molecule has 3 nitrogen and oxygen atoms in total. The van der Waals surface area contributed by atoms with Crippen LogP contribution in [0.25, 0.3) is 10.8 Å². The first kappa shape index (κ1) is 13.8. The van der Waals surface area contributed by atoms with Crippen LogP contribution in [0.2, 0.25) is 0 Å². The van der Waals surface area contributed by atoms with E-state index in [1.807, 2.05) is 36.4 Å². The second-order valence-corrected chi connectivity index (χ2v) is 4.49. The van der Waals surface area contributed by atoms with Crippen molar-refractivity contribution >= 4 is 10.8 Å². The highest BCUT2D eigenvalue weighted by molar-refractivity contribution is 5.91. The molecule has 0 bridgehead atoms. The maximum absolute atomic E-state index is 10.2. The molecule has 0 saturated carbocycles. The number of aliphatic hydroxyl groups is 1. The van der Waals surface area contributed by atoms with Gasteiger partial charge in [0, 0.05) is 12.0 Å². The summed E-state index contributed by atoms with van der Waals surface area (Å²) >= 11 is 0. The molecular weight excluding hydrogens is 240 g/mol. The minimum absolute atomic E-state index is 0.324. The average Bonchev–Trinajstić information content (AvgIpc) is 2.46. The summed E-state index contributed by atoms with van der Waals surface area (Å²) in [6.07, 6.45) is 0.346. The number of aliphatic hydroxyl groups excluding tert-OH is 1. The fourth-order valence-corrected chi connectivity index (χ4v) is 2.19. The van der Waals surface area contributed by atoms with Gasteiger partial charge in [-0.15, -0.1) is 0 Å². The van der Waals surface area contributed by atoms with Crippen LogP contribution in [-0.4, -0.2) is 25.4 Å². The maximum Gasteiger partial charge on any atom is 0.126 e. The topological polar surface area (TPSA) is 38.7 Å². The average molecular weight is 260 g/mol. The summed E-state index contributed by atoms with van der Waals surface area (Å²) in [7, 11) is 1.65. The molecule has 0 amide bonds. The molecule has 0 aliphatic carbocycles. The van der Waals surface area contributed by atoms with Gasteiger partial charge in [0.1, 0.15) is 11.9 Å². The van der Waals surface area contributed by atoms with E-state index in [2.05, 4.69) is 6.92 Å². The van der Waals surface area contributed by atoms with Crippen LogP contribution < -0.4 is 4.74 Å². The van der Waals surface area contributed by atoms with Gasteiger partial charge < -0.3 is 14.6 Å². The molecule has 0 aromatic heterocycles. The van der Waals surface area contributed by atoms with Gasteiger partial charge in [-0.05, 0) is 23.4 Å². The van der Waals surface area contributed by atoms with Crippen molar-refractivity contribution in [3.8, 4) is 5.75 Å². The van der Waals surface area contributed by atoms with E-state index in [9.17, 15) is 5.11 Å². The molecule has 0 fully saturated rings. The molecular formula is C16H20O3. The summed E-state index contributed by atoms with van der Waals surface area (Å²) < 4.78 is 10.8. The van der Waals surface area contributed by atoms with Crippen LogP contribution in [0.3, 0.4) is 0 Å². The van der Waals surface area contributed by atoms with E-state index in [1.165, 1.54) is 0 Å². The SMILES string of the molecule is CCCOCC(O)c1ccc(OC)c2ccccc12. The second kappa shape index (κ2) is 6.55. The number of rotatable bonds is 6. The van der Waals surface area contributed by atoms with E-state index in [0.717, 1.165) is 28.5 Å². The predicted molar refractivity (Wildman–Crippen MR) is 76.6 cm³/mol. The minimum Gasteiger partial charge on any atom is -0.496 e. The summed E-state index contributed by atoms with van der Waals surface area (Å²) in [6, 6.07) is 11.7. The lowest BCUT2D eigenvalue weighted by atomic mass is 10.00. The molecule has 2 aromatic rings. The van der Waals surface area contributed by atoms with Crippen molar-refractivity contribution in [2.24, 2.45) is 0 Å². The monoisotopic (exact) mass is 260 g/mol. The molecule has 2 rings (SSSR count). The summed E-state index contributed by atoms with van der Waals surface area (Å²) in [5.74, 6) is 0.820. The van der Waals surface area contributed by atoms with Crippen LogP contribution in [-0.2, 0) is 4.74 Å². The first-order valence-corrected chi connectivity index (χ1v) is 6.59. The number of hydrogen-bond acceptors (Lipinski definition) is 3. The molecule has 0 saturated heterocycles. The smallest absolute Gasteiger partial charge is 0.126 e. The van der Waals surface area contributed by atoms with Crippen LogP contribution in [0, 0.1) is 0 Å². The maximum atomic E-state index is 10.2. The van der Waals surface area contributed by atoms with E-state index >= 15 is 0 Å². The van der Waals surface area contributed by atoms with Crippen LogP contribution >= 0.6 is 0 Å². The summed E-state index contributed by atoms with van der Waals surface area (Å²) in [6.45, 7) is 3.05. The summed E-state index contributed by atoms with van der Waals surface area (Å²) in [5.41, 5.74) is 0.882. The molecule has 0 aliphatic rings. The molecule has 3 heteroatoms. The van der Waals surface area contributed by atoms with E-state index < -0.39 is 6.10 Å². The van der Waals surface area contributed by atoms with Gasteiger partial charge in [0.2, 0.25) is 0 Å². The Morgan fingerprint density at radius 1 is 1.11 bits per heavy atom. The zero-order valence-corrected chi connectivity index (χ0v) is 11.4. The molecule has 0 aliphatic heterocycles. The quantitative estimate of drug-likeness (QED) is 0.810. The molecule has 102 valence electrons. The van der Waals surface area contributed by atoms with Crippen molar-refractivity contribution in [1.29, 1.82) is 0 Å². The molecule has 0 heterocycles. The van der Waals surface area contributed by atoms with Gasteiger partial charge >= 0.3 is 0 Å². The fourth-order valence-electron chi connectivity index (χ4n) is 2.19. The molecule has 1 atom stereocenters. The van der Waals surface area contributed by atoms with Crippen molar-refractivity contribution < 1.29 is 14.6 Å². The van der Waals surface area contributed by atoms with E-state index in [-0.39, 0.29) is 0 Å². The third-order valence-electron chi connectivity index (χ3n) is 3.12. The van der Waals surface area contributed by atoms with Gasteiger partial charge in [0.15, 0.2) is 0 Å². The van der Waals surface area contributed by atoms with E-state index in [4.69, 9.17) is 9.47 Å². The highest BCUT2D eigenvalue weighted by atomic mass is 16.5. The van der Waals surface area contributed by atoms with E-state index in [0.29, 0.717) is 13.2 Å². The Labute approximate surface area is 113 Å². The van der Waals surface area contributed by atoms with Crippen molar-refractivity contribution in [3.05, 3.63) is 42.0 Å². The third kappa shape index (κ3) is 3.06. The number of ether oxygens (including phenoxy) is 2. The molecule has 0 spiro atoms. The normalized spacial score (nSPS) is 12.6. The summed E-state index contributed by atoms with van der Waals surface area (Å²) in [5, 5.41) is 12.3. The van der Waals surface area contributed by atoms with E-state index in [1.54, 1.807) is 7.11 Å². The van der Waals surface area contributed by atoms with Gasteiger partial charge in [-0.2, -0.15) is 0 Å². The van der Waals surface area contributed by atoms with Gasteiger partial charge in [-0.3, -0.25) is 0 Å². The van der Waals surface area contributed by atoms with Gasteiger partial charge in [0.05, 0.1) is 13.7 Å².